The van der Waals surface area contributed by atoms with E-state index in [2.05, 4.69) is 4.72 Å². The zero-order chi connectivity index (χ0) is 14.8. The van der Waals surface area contributed by atoms with Crippen molar-refractivity contribution in [3.63, 3.8) is 0 Å². The van der Waals surface area contributed by atoms with Gasteiger partial charge in [-0.3, -0.25) is 4.72 Å². The van der Waals surface area contributed by atoms with Gasteiger partial charge in [0.05, 0.1) is 11.3 Å². The third-order valence-corrected chi connectivity index (χ3v) is 3.93. The molecule has 0 aliphatic rings. The fraction of sp³-hybridized carbons (Fsp3) is 0. The molecule has 2 rings (SSSR count). The van der Waals surface area contributed by atoms with E-state index < -0.39 is 20.7 Å². The maximum Gasteiger partial charge on any atom is 0.264 e. The first kappa shape index (κ1) is 13.8. The Morgan fingerprint density at radius 3 is 2.55 bits per heavy atom. The zero-order valence-electron chi connectivity index (χ0n) is 10.2. The van der Waals surface area contributed by atoms with Gasteiger partial charge in [0.2, 0.25) is 0 Å². The number of sulfonamides is 1. The van der Waals surface area contributed by atoms with Gasteiger partial charge in [0.25, 0.3) is 10.0 Å². The molecule has 0 spiro atoms. The van der Waals surface area contributed by atoms with Crippen molar-refractivity contribution in [3.05, 3.63) is 53.8 Å². The number of nitriles is 1. The summed E-state index contributed by atoms with van der Waals surface area (Å²) in [5.74, 6) is -0.867. The number of nitrogens with two attached hydrogens (primary N) is 1. The third kappa shape index (κ3) is 2.70. The van der Waals surface area contributed by atoms with E-state index in [-0.39, 0.29) is 11.3 Å². The predicted octanol–water partition coefficient (Wildman–Crippen LogP) is 2.08. The molecule has 7 heteroatoms. The molecule has 0 aliphatic carbocycles. The van der Waals surface area contributed by atoms with Gasteiger partial charge in [0.15, 0.2) is 0 Å². The largest absolute Gasteiger partial charge is 0.399 e. The molecule has 0 unspecified atom stereocenters. The first-order valence-electron chi connectivity index (χ1n) is 5.51. The number of nitrogen functional groups attached to an aromatic ring is 1. The van der Waals surface area contributed by atoms with E-state index in [1.54, 1.807) is 0 Å². The van der Waals surface area contributed by atoms with Gasteiger partial charge >= 0.3 is 0 Å². The second-order valence-corrected chi connectivity index (χ2v) is 5.60. The van der Waals surface area contributed by atoms with Gasteiger partial charge in [-0.05, 0) is 30.3 Å². The Bertz CT molecular complexity index is 798. The molecule has 0 fully saturated rings. The minimum Gasteiger partial charge on any atom is -0.399 e. The third-order valence-electron chi connectivity index (χ3n) is 2.53. The summed E-state index contributed by atoms with van der Waals surface area (Å²) in [6, 6.07) is 10.9. The zero-order valence-corrected chi connectivity index (χ0v) is 11.0. The topological polar surface area (TPSA) is 96.0 Å². The Labute approximate surface area is 115 Å². The minimum absolute atomic E-state index is 0.0463. The van der Waals surface area contributed by atoms with Gasteiger partial charge in [0, 0.05) is 5.69 Å². The quantitative estimate of drug-likeness (QED) is 0.846. The summed E-state index contributed by atoms with van der Waals surface area (Å²) in [7, 11) is -4.11. The van der Waals surface area contributed by atoms with Crippen molar-refractivity contribution < 1.29 is 12.8 Å². The predicted molar refractivity (Wildman–Crippen MR) is 72.8 cm³/mol. The lowest BCUT2D eigenvalue weighted by Gasteiger charge is -2.10. The molecule has 0 bridgehead atoms. The van der Waals surface area contributed by atoms with Gasteiger partial charge in [-0.1, -0.05) is 12.1 Å². The fourth-order valence-corrected chi connectivity index (χ4v) is 2.77. The Hall–Kier alpha value is -2.59. The molecule has 5 nitrogen and oxygen atoms in total. The Balaban J connectivity index is 2.45. The number of hydrogen-bond donors (Lipinski definition) is 2. The van der Waals surface area contributed by atoms with Gasteiger partial charge in [-0.15, -0.1) is 0 Å². The van der Waals surface area contributed by atoms with Crippen LogP contribution in [0.5, 0.6) is 0 Å². The molecule has 0 amide bonds. The lowest BCUT2D eigenvalue weighted by Crippen LogP contribution is -2.15. The maximum atomic E-state index is 13.5. The molecular formula is C13H10FN3O2S. The van der Waals surface area contributed by atoms with Crippen molar-refractivity contribution in [1.82, 2.24) is 0 Å². The second kappa shape index (κ2) is 5.19. The molecule has 2 aromatic carbocycles. The van der Waals surface area contributed by atoms with E-state index in [9.17, 15) is 12.8 Å². The van der Waals surface area contributed by atoms with Gasteiger partial charge < -0.3 is 5.73 Å². The van der Waals surface area contributed by atoms with E-state index in [0.29, 0.717) is 5.69 Å². The number of anilines is 2. The van der Waals surface area contributed by atoms with Crippen LogP contribution < -0.4 is 10.5 Å². The normalized spacial score (nSPS) is 10.8. The fourth-order valence-electron chi connectivity index (χ4n) is 1.61. The summed E-state index contributed by atoms with van der Waals surface area (Å²) < 4.78 is 39.9. The van der Waals surface area contributed by atoms with E-state index in [4.69, 9.17) is 11.0 Å². The molecule has 0 saturated heterocycles. The highest BCUT2D eigenvalue weighted by Crippen LogP contribution is 2.23. The van der Waals surface area contributed by atoms with Crippen molar-refractivity contribution in [2.24, 2.45) is 0 Å². The highest BCUT2D eigenvalue weighted by atomic mass is 32.2. The number of halogens is 1. The van der Waals surface area contributed by atoms with Crippen LogP contribution in [0.2, 0.25) is 0 Å². The number of nitrogens with one attached hydrogen (secondary N) is 1. The van der Waals surface area contributed by atoms with Crippen LogP contribution in [0.4, 0.5) is 15.8 Å². The van der Waals surface area contributed by atoms with E-state index in [1.165, 1.54) is 30.3 Å². The molecule has 102 valence electrons. The van der Waals surface area contributed by atoms with Crippen molar-refractivity contribution in [3.8, 4) is 6.07 Å². The smallest absolute Gasteiger partial charge is 0.264 e. The van der Waals surface area contributed by atoms with Crippen LogP contribution in [-0.4, -0.2) is 8.42 Å². The molecule has 0 atom stereocenters. The molecule has 0 radical (unpaired) electrons. The Morgan fingerprint density at radius 1 is 1.20 bits per heavy atom. The summed E-state index contributed by atoms with van der Waals surface area (Å²) in [4.78, 5) is -0.485. The summed E-state index contributed by atoms with van der Waals surface area (Å²) >= 11 is 0. The van der Waals surface area contributed by atoms with Crippen LogP contribution >= 0.6 is 0 Å². The first-order valence-corrected chi connectivity index (χ1v) is 6.99. The average molecular weight is 291 g/mol. The van der Waals surface area contributed by atoms with Crippen LogP contribution in [-0.2, 0) is 10.0 Å². The molecule has 0 saturated carbocycles. The summed E-state index contributed by atoms with van der Waals surface area (Å²) in [5.41, 5.74) is 5.95. The van der Waals surface area contributed by atoms with Crippen molar-refractivity contribution >= 4 is 21.4 Å². The summed E-state index contributed by atoms with van der Waals surface area (Å²) in [6.45, 7) is 0. The SMILES string of the molecule is N#Cc1cc(N)ccc1NS(=O)(=O)c1ccccc1F. The van der Waals surface area contributed by atoms with E-state index >= 15 is 0 Å². The molecule has 0 heterocycles. The van der Waals surface area contributed by atoms with Gasteiger partial charge in [0.1, 0.15) is 16.8 Å². The minimum atomic E-state index is -4.11. The van der Waals surface area contributed by atoms with Crippen LogP contribution in [0.25, 0.3) is 0 Å². The number of hydrogen-bond acceptors (Lipinski definition) is 4. The lowest BCUT2D eigenvalue weighted by atomic mass is 10.2. The van der Waals surface area contributed by atoms with Crippen LogP contribution in [0, 0.1) is 17.1 Å². The van der Waals surface area contributed by atoms with E-state index in [0.717, 1.165) is 12.1 Å². The van der Waals surface area contributed by atoms with E-state index in [1.807, 2.05) is 6.07 Å². The summed E-state index contributed by atoms with van der Waals surface area (Å²) in [5, 5.41) is 8.95. The molecule has 2 aromatic rings. The first-order chi connectivity index (χ1) is 9.44. The maximum absolute atomic E-state index is 13.5. The standard InChI is InChI=1S/C13H10FN3O2S/c14-11-3-1-2-4-13(11)20(18,19)17-12-6-5-10(16)7-9(12)8-15/h1-7,17H,16H2. The van der Waals surface area contributed by atoms with Crippen molar-refractivity contribution in [2.75, 3.05) is 10.5 Å². The highest BCUT2D eigenvalue weighted by Gasteiger charge is 2.19. The molecule has 20 heavy (non-hydrogen) atoms. The molecular weight excluding hydrogens is 281 g/mol. The van der Waals surface area contributed by atoms with Crippen LogP contribution in [0.1, 0.15) is 5.56 Å². The average Bonchev–Trinajstić information content (AvgIpc) is 2.41. The Kier molecular flexibility index (Phi) is 3.59. The van der Waals surface area contributed by atoms with Gasteiger partial charge in [-0.2, -0.15) is 5.26 Å². The monoisotopic (exact) mass is 291 g/mol. The summed E-state index contributed by atoms with van der Waals surface area (Å²) in [6.07, 6.45) is 0. The number of rotatable bonds is 3. The molecule has 3 N–H and O–H groups in total. The Morgan fingerprint density at radius 2 is 1.90 bits per heavy atom. The highest BCUT2D eigenvalue weighted by molar-refractivity contribution is 7.92. The van der Waals surface area contributed by atoms with Crippen LogP contribution in [0.3, 0.4) is 0 Å². The second-order valence-electron chi connectivity index (χ2n) is 3.95. The van der Waals surface area contributed by atoms with Gasteiger partial charge in [-0.25, -0.2) is 12.8 Å². The van der Waals surface area contributed by atoms with Crippen molar-refractivity contribution in [1.29, 1.82) is 5.26 Å². The molecule has 0 aromatic heterocycles. The lowest BCUT2D eigenvalue weighted by molar-refractivity contribution is 0.570. The van der Waals surface area contributed by atoms with Crippen molar-refractivity contribution in [2.45, 2.75) is 4.90 Å². The number of nitrogens with zero attached hydrogens (tertiary/aromatic N) is 1. The number of benzene rings is 2. The van der Waals surface area contributed by atoms with Crippen LogP contribution in [0.15, 0.2) is 47.4 Å². The molecule has 0 aliphatic heterocycles.